The summed E-state index contributed by atoms with van der Waals surface area (Å²) in [4.78, 5) is 26.6. The first-order valence-corrected chi connectivity index (χ1v) is 11.3. The molecule has 4 nitrogen and oxygen atoms in total. The molecule has 1 aliphatic heterocycles. The maximum atomic E-state index is 12.7. The molecule has 2 aromatic rings. The van der Waals surface area contributed by atoms with E-state index in [4.69, 9.17) is 0 Å². The molecule has 29 heavy (non-hydrogen) atoms. The van der Waals surface area contributed by atoms with Crippen molar-refractivity contribution in [3.63, 3.8) is 0 Å². The van der Waals surface area contributed by atoms with Gasteiger partial charge in [-0.25, -0.2) is 0 Å². The number of rotatable bonds is 6. The lowest BCUT2D eigenvalue weighted by molar-refractivity contribution is -0.116. The third kappa shape index (κ3) is 5.21. The largest absolute Gasteiger partial charge is 0.326 e. The lowest BCUT2D eigenvalue weighted by atomic mass is 9.87. The van der Waals surface area contributed by atoms with Gasteiger partial charge in [0.15, 0.2) is 0 Å². The summed E-state index contributed by atoms with van der Waals surface area (Å²) in [5, 5.41) is 2.89. The molecule has 0 radical (unpaired) electrons. The SMILES string of the molecule is CCCCC(=O)Nc1cccc([C@H]2SCC(=O)N2c2ccc(C(C)(C)C)cc2)c1. The van der Waals surface area contributed by atoms with Crippen LogP contribution >= 0.6 is 11.8 Å². The van der Waals surface area contributed by atoms with Crippen molar-refractivity contribution in [2.75, 3.05) is 16.0 Å². The van der Waals surface area contributed by atoms with Gasteiger partial charge < -0.3 is 5.32 Å². The third-order valence-corrected chi connectivity index (χ3v) is 6.30. The van der Waals surface area contributed by atoms with Gasteiger partial charge in [0.05, 0.1) is 5.75 Å². The Morgan fingerprint density at radius 3 is 2.55 bits per heavy atom. The second kappa shape index (κ2) is 9.04. The quantitative estimate of drug-likeness (QED) is 0.646. The van der Waals surface area contributed by atoms with Gasteiger partial charge in [-0.3, -0.25) is 14.5 Å². The fourth-order valence-electron chi connectivity index (χ4n) is 3.40. The lowest BCUT2D eigenvalue weighted by Gasteiger charge is -2.26. The highest BCUT2D eigenvalue weighted by molar-refractivity contribution is 8.00. The van der Waals surface area contributed by atoms with Gasteiger partial charge in [-0.1, -0.05) is 58.4 Å². The van der Waals surface area contributed by atoms with Gasteiger partial charge in [-0.2, -0.15) is 0 Å². The number of carbonyl (C=O) groups excluding carboxylic acids is 2. The van der Waals surface area contributed by atoms with Crippen molar-refractivity contribution in [2.45, 2.75) is 57.7 Å². The predicted octanol–water partition coefficient (Wildman–Crippen LogP) is 5.89. The van der Waals surface area contributed by atoms with Gasteiger partial charge >= 0.3 is 0 Å². The normalized spacial score (nSPS) is 16.9. The van der Waals surface area contributed by atoms with E-state index in [9.17, 15) is 9.59 Å². The third-order valence-electron chi connectivity index (χ3n) is 5.09. The summed E-state index contributed by atoms with van der Waals surface area (Å²) in [6.45, 7) is 8.62. The maximum absolute atomic E-state index is 12.7. The molecular formula is C24H30N2O2S. The molecule has 0 bridgehead atoms. The average molecular weight is 411 g/mol. The number of anilines is 2. The van der Waals surface area contributed by atoms with E-state index < -0.39 is 0 Å². The van der Waals surface area contributed by atoms with Crippen LogP contribution in [0.2, 0.25) is 0 Å². The molecule has 1 atom stereocenters. The van der Waals surface area contributed by atoms with Gasteiger partial charge in [0.2, 0.25) is 11.8 Å². The summed E-state index contributed by atoms with van der Waals surface area (Å²) < 4.78 is 0. The van der Waals surface area contributed by atoms with Crippen LogP contribution in [0.3, 0.4) is 0 Å². The Morgan fingerprint density at radius 2 is 1.90 bits per heavy atom. The number of hydrogen-bond donors (Lipinski definition) is 1. The number of nitrogens with zero attached hydrogens (tertiary/aromatic N) is 1. The fourth-order valence-corrected chi connectivity index (χ4v) is 4.57. The minimum absolute atomic E-state index is 0.0359. The number of unbranched alkanes of at least 4 members (excludes halogenated alkanes) is 1. The van der Waals surface area contributed by atoms with Crippen LogP contribution in [-0.4, -0.2) is 17.6 Å². The monoisotopic (exact) mass is 410 g/mol. The molecule has 1 heterocycles. The Bertz CT molecular complexity index is 871. The average Bonchev–Trinajstić information content (AvgIpc) is 3.07. The van der Waals surface area contributed by atoms with Crippen molar-refractivity contribution in [1.82, 2.24) is 0 Å². The summed E-state index contributed by atoms with van der Waals surface area (Å²) >= 11 is 1.62. The molecule has 5 heteroatoms. The van der Waals surface area contributed by atoms with Gasteiger partial charge in [0, 0.05) is 17.8 Å². The molecule has 0 unspecified atom stereocenters. The Labute approximate surface area is 178 Å². The first-order valence-electron chi connectivity index (χ1n) is 10.2. The first kappa shape index (κ1) is 21.4. The summed E-state index contributed by atoms with van der Waals surface area (Å²) in [5.41, 5.74) is 4.04. The summed E-state index contributed by atoms with van der Waals surface area (Å²) in [6.07, 6.45) is 2.41. The van der Waals surface area contributed by atoms with Crippen LogP contribution in [0.1, 0.15) is 63.5 Å². The van der Waals surface area contributed by atoms with Gasteiger partial charge in [0.25, 0.3) is 0 Å². The second-order valence-electron chi connectivity index (χ2n) is 8.50. The standard InChI is InChI=1S/C24H30N2O2S/c1-5-6-10-21(27)25-19-9-7-8-17(15-19)23-26(22(28)16-29-23)20-13-11-18(12-14-20)24(2,3)4/h7-9,11-15,23H,5-6,10,16H2,1-4H3,(H,25,27)/t23-/m1/s1. The summed E-state index contributed by atoms with van der Waals surface area (Å²) in [6, 6.07) is 16.1. The van der Waals surface area contributed by atoms with E-state index in [0.717, 1.165) is 29.8 Å². The molecule has 3 rings (SSSR count). The summed E-state index contributed by atoms with van der Waals surface area (Å²) in [7, 11) is 0. The number of nitrogens with one attached hydrogen (secondary N) is 1. The number of thioether (sulfide) groups is 1. The zero-order valence-corrected chi connectivity index (χ0v) is 18.5. The molecule has 2 amide bonds. The molecule has 1 saturated heterocycles. The molecule has 0 aliphatic carbocycles. The lowest BCUT2D eigenvalue weighted by Crippen LogP contribution is -2.28. The zero-order valence-electron chi connectivity index (χ0n) is 17.7. The molecular weight excluding hydrogens is 380 g/mol. The molecule has 1 N–H and O–H groups in total. The highest BCUT2D eigenvalue weighted by Crippen LogP contribution is 2.42. The Kier molecular flexibility index (Phi) is 6.68. The Hall–Kier alpha value is -2.27. The van der Waals surface area contributed by atoms with Crippen molar-refractivity contribution in [3.05, 3.63) is 59.7 Å². The Balaban J connectivity index is 1.82. The smallest absolute Gasteiger partial charge is 0.238 e. The topological polar surface area (TPSA) is 49.4 Å². The zero-order chi connectivity index (χ0) is 21.0. The van der Waals surface area contributed by atoms with Crippen LogP contribution in [0, 0.1) is 0 Å². The van der Waals surface area contributed by atoms with Crippen LogP contribution in [-0.2, 0) is 15.0 Å². The van der Waals surface area contributed by atoms with E-state index >= 15 is 0 Å². The van der Waals surface area contributed by atoms with Gasteiger partial charge in [-0.05, 0) is 47.2 Å². The minimum Gasteiger partial charge on any atom is -0.326 e. The first-order chi connectivity index (χ1) is 13.8. The van der Waals surface area contributed by atoms with E-state index in [2.05, 4.69) is 45.1 Å². The molecule has 0 saturated carbocycles. The van der Waals surface area contributed by atoms with E-state index in [1.165, 1.54) is 5.56 Å². The van der Waals surface area contributed by atoms with Crippen LogP contribution < -0.4 is 10.2 Å². The van der Waals surface area contributed by atoms with E-state index in [-0.39, 0.29) is 22.6 Å². The molecule has 2 aromatic carbocycles. The summed E-state index contributed by atoms with van der Waals surface area (Å²) in [5.74, 6) is 0.605. The van der Waals surface area contributed by atoms with Gasteiger partial charge in [0.1, 0.15) is 5.37 Å². The molecule has 1 aliphatic rings. The van der Waals surface area contributed by atoms with E-state index in [0.29, 0.717) is 12.2 Å². The minimum atomic E-state index is -0.0875. The van der Waals surface area contributed by atoms with E-state index in [1.807, 2.05) is 41.3 Å². The predicted molar refractivity (Wildman–Crippen MR) is 122 cm³/mol. The van der Waals surface area contributed by atoms with Crippen molar-refractivity contribution < 1.29 is 9.59 Å². The van der Waals surface area contributed by atoms with Crippen LogP contribution in [0.25, 0.3) is 0 Å². The number of hydrogen-bond acceptors (Lipinski definition) is 3. The van der Waals surface area contributed by atoms with Crippen molar-refractivity contribution in [1.29, 1.82) is 0 Å². The van der Waals surface area contributed by atoms with Crippen LogP contribution in [0.4, 0.5) is 11.4 Å². The molecule has 154 valence electrons. The number of benzene rings is 2. The van der Waals surface area contributed by atoms with Crippen molar-refractivity contribution >= 4 is 35.0 Å². The second-order valence-corrected chi connectivity index (χ2v) is 9.57. The highest BCUT2D eigenvalue weighted by atomic mass is 32.2. The molecule has 1 fully saturated rings. The van der Waals surface area contributed by atoms with Crippen LogP contribution in [0.5, 0.6) is 0 Å². The molecule has 0 aromatic heterocycles. The highest BCUT2D eigenvalue weighted by Gasteiger charge is 2.34. The van der Waals surface area contributed by atoms with Crippen molar-refractivity contribution in [2.24, 2.45) is 0 Å². The fraction of sp³-hybridized carbons (Fsp3) is 0.417. The van der Waals surface area contributed by atoms with Crippen molar-refractivity contribution in [3.8, 4) is 0 Å². The maximum Gasteiger partial charge on any atom is 0.238 e. The Morgan fingerprint density at radius 1 is 1.17 bits per heavy atom. The van der Waals surface area contributed by atoms with Crippen LogP contribution in [0.15, 0.2) is 48.5 Å². The van der Waals surface area contributed by atoms with E-state index in [1.54, 1.807) is 11.8 Å². The number of amides is 2. The number of carbonyl (C=O) groups is 2. The van der Waals surface area contributed by atoms with Gasteiger partial charge in [-0.15, -0.1) is 11.8 Å². The molecule has 0 spiro atoms.